The zero-order chi connectivity index (χ0) is 19.5. The van der Waals surface area contributed by atoms with Gasteiger partial charge in [-0.2, -0.15) is 0 Å². The Bertz CT molecular complexity index is 997. The molecule has 0 saturated heterocycles. The number of halogens is 3. The van der Waals surface area contributed by atoms with E-state index in [4.69, 9.17) is 15.7 Å². The zero-order valence-corrected chi connectivity index (χ0v) is 20.1. The van der Waals surface area contributed by atoms with Crippen molar-refractivity contribution in [2.24, 2.45) is 11.7 Å². The van der Waals surface area contributed by atoms with Crippen molar-refractivity contribution in [2.75, 3.05) is 5.32 Å². The van der Waals surface area contributed by atoms with Gasteiger partial charge < -0.3 is 11.1 Å². The summed E-state index contributed by atoms with van der Waals surface area (Å²) in [6, 6.07) is 12.9. The third kappa shape index (κ3) is 6.78. The van der Waals surface area contributed by atoms with Gasteiger partial charge in [0.2, 0.25) is 0 Å². The first-order valence-electron chi connectivity index (χ1n) is 9.98. The normalized spacial score (nSPS) is 20.4. The first kappa shape index (κ1) is 27.1. The van der Waals surface area contributed by atoms with Crippen LogP contribution >= 0.6 is 37.2 Å². The number of nitrogens with zero attached hydrogens (tertiary/aromatic N) is 3. The van der Waals surface area contributed by atoms with Gasteiger partial charge in [-0.05, 0) is 68.5 Å². The van der Waals surface area contributed by atoms with Crippen LogP contribution in [0.5, 0.6) is 0 Å². The van der Waals surface area contributed by atoms with Crippen LogP contribution in [0.1, 0.15) is 43.3 Å². The van der Waals surface area contributed by atoms with Gasteiger partial charge in [-0.25, -0.2) is 9.97 Å². The van der Waals surface area contributed by atoms with Gasteiger partial charge in [0.05, 0.1) is 11.2 Å². The van der Waals surface area contributed by atoms with Crippen LogP contribution in [0.4, 0.5) is 5.82 Å². The van der Waals surface area contributed by atoms with Crippen LogP contribution in [0.25, 0.3) is 23.1 Å². The second-order valence-electron chi connectivity index (χ2n) is 7.84. The molecule has 8 heteroatoms. The molecule has 2 aromatic heterocycles. The Morgan fingerprint density at radius 3 is 2.55 bits per heavy atom. The molecule has 1 fully saturated rings. The molecule has 0 radical (unpaired) electrons. The van der Waals surface area contributed by atoms with Gasteiger partial charge in [-0.15, -0.1) is 37.2 Å². The largest absolute Gasteiger partial charge is 0.366 e. The molecule has 3 aromatic rings. The number of fused-ring (bicyclic) bond motifs is 1. The predicted octanol–water partition coefficient (Wildman–Crippen LogP) is 5.70. The van der Waals surface area contributed by atoms with Crippen LogP contribution in [0.15, 0.2) is 42.6 Å². The Morgan fingerprint density at radius 2 is 1.84 bits per heavy atom. The maximum Gasteiger partial charge on any atom is 0.155 e. The van der Waals surface area contributed by atoms with Gasteiger partial charge in [0, 0.05) is 23.7 Å². The SMILES string of the molecule is Cc1ccc2nc(/C=C/c3ccccn3)nc(N[C@H]3CC[C@@H](N)C[C@@H]3C)c2c1.Cl.Cl.Cl. The summed E-state index contributed by atoms with van der Waals surface area (Å²) in [6.45, 7) is 4.37. The summed E-state index contributed by atoms with van der Waals surface area (Å²) >= 11 is 0. The standard InChI is InChI=1S/C23H27N5.3ClH/c1-15-6-9-21-19(13-15)23(27-20-10-7-17(24)14-16(20)2)28-22(26-21)11-8-18-5-3-4-12-25-18;;;/h3-6,8-9,11-13,16-17,20H,7,10,14,24H2,1-2H3,(H,26,27,28);3*1H/b11-8+;;;/t16-,17+,20-;;;/m0.../s1. The van der Waals surface area contributed by atoms with Gasteiger partial charge in [0.15, 0.2) is 5.82 Å². The van der Waals surface area contributed by atoms with Crippen LogP contribution in [0.2, 0.25) is 0 Å². The molecule has 0 aliphatic heterocycles. The van der Waals surface area contributed by atoms with E-state index in [2.05, 4.69) is 42.3 Å². The van der Waals surface area contributed by atoms with E-state index in [0.29, 0.717) is 23.8 Å². The molecule has 31 heavy (non-hydrogen) atoms. The van der Waals surface area contributed by atoms with Crippen molar-refractivity contribution >= 4 is 66.1 Å². The average Bonchev–Trinajstić information content (AvgIpc) is 2.69. The van der Waals surface area contributed by atoms with Crippen molar-refractivity contribution in [3.05, 3.63) is 59.7 Å². The van der Waals surface area contributed by atoms with Crippen LogP contribution < -0.4 is 11.1 Å². The molecule has 168 valence electrons. The number of nitrogens with one attached hydrogen (secondary N) is 1. The second kappa shape index (κ2) is 12.2. The quantitative estimate of drug-likeness (QED) is 0.499. The number of hydrogen-bond acceptors (Lipinski definition) is 5. The average molecular weight is 483 g/mol. The molecular formula is C23H30Cl3N5. The van der Waals surface area contributed by atoms with Crippen molar-refractivity contribution in [3.8, 4) is 0 Å². The number of anilines is 1. The molecule has 1 aliphatic rings. The van der Waals surface area contributed by atoms with Crippen LogP contribution in [0.3, 0.4) is 0 Å². The lowest BCUT2D eigenvalue weighted by Gasteiger charge is -2.33. The Kier molecular flexibility index (Phi) is 10.7. The minimum absolute atomic E-state index is 0. The number of benzene rings is 1. The van der Waals surface area contributed by atoms with Crippen LogP contribution in [0, 0.1) is 12.8 Å². The summed E-state index contributed by atoms with van der Waals surface area (Å²) in [4.78, 5) is 13.9. The summed E-state index contributed by atoms with van der Waals surface area (Å²) in [5.41, 5.74) is 9.18. The Labute approximate surface area is 202 Å². The number of pyridine rings is 1. The fraction of sp³-hybridized carbons (Fsp3) is 0.348. The first-order chi connectivity index (χ1) is 13.6. The van der Waals surface area contributed by atoms with Gasteiger partial charge in [0.25, 0.3) is 0 Å². The molecule has 1 saturated carbocycles. The fourth-order valence-electron chi connectivity index (χ4n) is 3.91. The Morgan fingerprint density at radius 1 is 1.03 bits per heavy atom. The van der Waals surface area contributed by atoms with Crippen molar-refractivity contribution in [3.63, 3.8) is 0 Å². The molecule has 1 aliphatic carbocycles. The highest BCUT2D eigenvalue weighted by Gasteiger charge is 2.26. The van der Waals surface area contributed by atoms with E-state index in [1.165, 1.54) is 5.56 Å². The zero-order valence-electron chi connectivity index (χ0n) is 17.7. The number of nitrogens with two attached hydrogens (primary N) is 1. The molecule has 0 spiro atoms. The van der Waals surface area contributed by atoms with Crippen molar-refractivity contribution in [1.29, 1.82) is 0 Å². The molecule has 3 atom stereocenters. The third-order valence-electron chi connectivity index (χ3n) is 5.49. The van der Waals surface area contributed by atoms with Gasteiger partial charge in [0.1, 0.15) is 5.82 Å². The molecule has 5 nitrogen and oxygen atoms in total. The van der Waals surface area contributed by atoms with Crippen LogP contribution in [-0.2, 0) is 0 Å². The molecule has 0 amide bonds. The van der Waals surface area contributed by atoms with Crippen molar-refractivity contribution in [1.82, 2.24) is 15.0 Å². The smallest absolute Gasteiger partial charge is 0.155 e. The van der Waals surface area contributed by atoms with E-state index in [1.807, 2.05) is 30.4 Å². The number of aryl methyl sites for hydroxylation is 1. The van der Waals surface area contributed by atoms with Gasteiger partial charge >= 0.3 is 0 Å². The van der Waals surface area contributed by atoms with Gasteiger partial charge in [-0.1, -0.05) is 24.6 Å². The lowest BCUT2D eigenvalue weighted by molar-refractivity contribution is 0.314. The van der Waals surface area contributed by atoms with E-state index in [9.17, 15) is 0 Å². The summed E-state index contributed by atoms with van der Waals surface area (Å²) < 4.78 is 0. The second-order valence-corrected chi connectivity index (χ2v) is 7.84. The Balaban J connectivity index is 0.00000160. The van der Waals surface area contributed by atoms with E-state index in [-0.39, 0.29) is 37.2 Å². The summed E-state index contributed by atoms with van der Waals surface area (Å²) in [7, 11) is 0. The topological polar surface area (TPSA) is 76.7 Å². The predicted molar refractivity (Wildman–Crippen MR) is 138 cm³/mol. The summed E-state index contributed by atoms with van der Waals surface area (Å²) in [6.07, 6.45) is 8.82. The Hall–Kier alpha value is -1.92. The molecule has 4 rings (SSSR count). The van der Waals surface area contributed by atoms with E-state index < -0.39 is 0 Å². The molecular weight excluding hydrogens is 453 g/mol. The fourth-order valence-corrected chi connectivity index (χ4v) is 3.91. The summed E-state index contributed by atoms with van der Waals surface area (Å²) in [5.74, 6) is 2.11. The molecule has 1 aromatic carbocycles. The highest BCUT2D eigenvalue weighted by Crippen LogP contribution is 2.29. The lowest BCUT2D eigenvalue weighted by atomic mass is 9.83. The molecule has 0 bridgehead atoms. The molecule has 0 unspecified atom stereocenters. The highest BCUT2D eigenvalue weighted by molar-refractivity contribution is 5.90. The third-order valence-corrected chi connectivity index (χ3v) is 5.49. The minimum atomic E-state index is 0. The number of hydrogen-bond donors (Lipinski definition) is 2. The highest BCUT2D eigenvalue weighted by atomic mass is 35.5. The lowest BCUT2D eigenvalue weighted by Crippen LogP contribution is -2.39. The van der Waals surface area contributed by atoms with E-state index >= 15 is 0 Å². The van der Waals surface area contributed by atoms with E-state index in [1.54, 1.807) is 6.20 Å². The maximum absolute atomic E-state index is 6.14. The van der Waals surface area contributed by atoms with E-state index in [0.717, 1.165) is 41.7 Å². The minimum Gasteiger partial charge on any atom is -0.366 e. The number of aromatic nitrogens is 3. The van der Waals surface area contributed by atoms with Crippen molar-refractivity contribution in [2.45, 2.75) is 45.2 Å². The number of rotatable bonds is 4. The maximum atomic E-state index is 6.14. The molecule has 2 heterocycles. The first-order valence-corrected chi connectivity index (χ1v) is 9.98. The van der Waals surface area contributed by atoms with Crippen molar-refractivity contribution < 1.29 is 0 Å². The monoisotopic (exact) mass is 481 g/mol. The molecule has 3 N–H and O–H groups in total. The summed E-state index contributed by atoms with van der Waals surface area (Å²) in [5, 5.41) is 4.77. The van der Waals surface area contributed by atoms with Gasteiger partial charge in [-0.3, -0.25) is 4.98 Å². The van der Waals surface area contributed by atoms with Crippen LogP contribution in [-0.4, -0.2) is 27.0 Å².